The molecular formula is C16H21N3O. The summed E-state index contributed by atoms with van der Waals surface area (Å²) in [6, 6.07) is 10.2. The van der Waals surface area contributed by atoms with Crippen LogP contribution in [0.3, 0.4) is 0 Å². The molecule has 2 rings (SSSR count). The van der Waals surface area contributed by atoms with Gasteiger partial charge in [0.1, 0.15) is 5.75 Å². The summed E-state index contributed by atoms with van der Waals surface area (Å²) in [4.78, 5) is 6.26. The Balaban J connectivity index is 2.12. The van der Waals surface area contributed by atoms with Crippen LogP contribution in [-0.2, 0) is 13.1 Å². The third-order valence-corrected chi connectivity index (χ3v) is 2.97. The van der Waals surface area contributed by atoms with E-state index in [1.807, 2.05) is 18.3 Å². The van der Waals surface area contributed by atoms with E-state index in [-0.39, 0.29) is 0 Å². The van der Waals surface area contributed by atoms with Crippen LogP contribution in [0, 0.1) is 0 Å². The molecule has 0 saturated heterocycles. The second-order valence-electron chi connectivity index (χ2n) is 4.99. The van der Waals surface area contributed by atoms with Crippen LogP contribution in [0.5, 0.6) is 5.75 Å². The van der Waals surface area contributed by atoms with E-state index < -0.39 is 0 Å². The van der Waals surface area contributed by atoms with Gasteiger partial charge in [0.2, 0.25) is 0 Å². The average molecular weight is 271 g/mol. The van der Waals surface area contributed by atoms with Crippen LogP contribution in [0.2, 0.25) is 0 Å². The Morgan fingerprint density at radius 2 is 2.05 bits per heavy atom. The minimum Gasteiger partial charge on any atom is -0.495 e. The van der Waals surface area contributed by atoms with Gasteiger partial charge < -0.3 is 15.0 Å². The molecule has 0 aliphatic rings. The monoisotopic (exact) mass is 271 g/mol. The van der Waals surface area contributed by atoms with Crippen molar-refractivity contribution >= 4 is 5.69 Å². The minimum atomic E-state index is 0.732. The van der Waals surface area contributed by atoms with Gasteiger partial charge >= 0.3 is 0 Å². The highest BCUT2D eigenvalue weighted by molar-refractivity contribution is 5.58. The number of aromatic nitrogens is 1. The molecule has 1 aromatic heterocycles. The predicted molar refractivity (Wildman–Crippen MR) is 81.9 cm³/mol. The first-order chi connectivity index (χ1) is 9.69. The molecular weight excluding hydrogens is 250 g/mol. The van der Waals surface area contributed by atoms with Gasteiger partial charge in [-0.15, -0.1) is 0 Å². The van der Waals surface area contributed by atoms with Crippen molar-refractivity contribution in [3.63, 3.8) is 0 Å². The van der Waals surface area contributed by atoms with E-state index in [1.165, 1.54) is 5.56 Å². The maximum absolute atomic E-state index is 5.40. The van der Waals surface area contributed by atoms with Crippen LogP contribution in [0.1, 0.15) is 11.1 Å². The fourth-order valence-corrected chi connectivity index (χ4v) is 2.06. The van der Waals surface area contributed by atoms with E-state index >= 15 is 0 Å². The molecule has 4 nitrogen and oxygen atoms in total. The van der Waals surface area contributed by atoms with E-state index in [9.17, 15) is 0 Å². The molecule has 0 saturated carbocycles. The molecule has 2 aromatic rings. The summed E-state index contributed by atoms with van der Waals surface area (Å²) in [6.07, 6.45) is 3.64. The highest BCUT2D eigenvalue weighted by Crippen LogP contribution is 2.26. The van der Waals surface area contributed by atoms with Gasteiger partial charge in [-0.1, -0.05) is 12.1 Å². The van der Waals surface area contributed by atoms with Crippen LogP contribution < -0.4 is 10.1 Å². The van der Waals surface area contributed by atoms with Crippen molar-refractivity contribution in [2.75, 3.05) is 26.5 Å². The minimum absolute atomic E-state index is 0.732. The summed E-state index contributed by atoms with van der Waals surface area (Å²) in [5.74, 6) is 0.858. The van der Waals surface area contributed by atoms with Crippen LogP contribution >= 0.6 is 0 Å². The van der Waals surface area contributed by atoms with E-state index in [2.05, 4.69) is 47.5 Å². The summed E-state index contributed by atoms with van der Waals surface area (Å²) < 4.78 is 5.40. The van der Waals surface area contributed by atoms with Crippen molar-refractivity contribution in [1.82, 2.24) is 9.88 Å². The van der Waals surface area contributed by atoms with E-state index in [0.717, 1.165) is 30.1 Å². The Kier molecular flexibility index (Phi) is 4.96. The maximum Gasteiger partial charge on any atom is 0.141 e. The van der Waals surface area contributed by atoms with Crippen molar-refractivity contribution in [3.8, 4) is 5.75 Å². The summed E-state index contributed by atoms with van der Waals surface area (Å²) in [6.45, 7) is 1.64. The summed E-state index contributed by atoms with van der Waals surface area (Å²) in [5.41, 5.74) is 3.41. The topological polar surface area (TPSA) is 37.4 Å². The molecule has 0 fully saturated rings. The SMILES string of the molecule is COc1ccc(CN(C)C)cc1NCc1cccnc1. The lowest BCUT2D eigenvalue weighted by Crippen LogP contribution is -2.11. The number of nitrogens with zero attached hydrogens (tertiary/aromatic N) is 2. The normalized spacial score (nSPS) is 10.6. The van der Waals surface area contributed by atoms with E-state index in [1.54, 1.807) is 13.3 Å². The number of benzene rings is 1. The fraction of sp³-hybridized carbons (Fsp3) is 0.312. The van der Waals surface area contributed by atoms with E-state index in [4.69, 9.17) is 4.74 Å². The Hall–Kier alpha value is -2.07. The Bertz CT molecular complexity index is 541. The third-order valence-electron chi connectivity index (χ3n) is 2.97. The molecule has 0 unspecified atom stereocenters. The number of anilines is 1. The zero-order chi connectivity index (χ0) is 14.4. The first-order valence-electron chi connectivity index (χ1n) is 6.63. The van der Waals surface area contributed by atoms with Gasteiger partial charge in [-0.25, -0.2) is 0 Å². The highest BCUT2D eigenvalue weighted by Gasteiger charge is 2.05. The zero-order valence-corrected chi connectivity index (χ0v) is 12.3. The second-order valence-corrected chi connectivity index (χ2v) is 4.99. The van der Waals surface area contributed by atoms with Crippen LogP contribution in [0.4, 0.5) is 5.69 Å². The molecule has 0 bridgehead atoms. The molecule has 106 valence electrons. The lowest BCUT2D eigenvalue weighted by atomic mass is 10.1. The van der Waals surface area contributed by atoms with Gasteiger partial charge in [-0.3, -0.25) is 4.98 Å². The van der Waals surface area contributed by atoms with Crippen molar-refractivity contribution in [1.29, 1.82) is 0 Å². The van der Waals surface area contributed by atoms with Crippen molar-refractivity contribution in [2.45, 2.75) is 13.1 Å². The number of hydrogen-bond acceptors (Lipinski definition) is 4. The standard InChI is InChI=1S/C16H21N3O/c1-19(2)12-13-6-7-16(20-3)15(9-13)18-11-14-5-4-8-17-10-14/h4-10,18H,11-12H2,1-3H3. The molecule has 0 atom stereocenters. The predicted octanol–water partition coefficient (Wildman–Crippen LogP) is 2.76. The number of methoxy groups -OCH3 is 1. The van der Waals surface area contributed by atoms with Crippen molar-refractivity contribution in [2.24, 2.45) is 0 Å². The Labute approximate surface area is 120 Å². The first-order valence-corrected chi connectivity index (χ1v) is 6.63. The first kappa shape index (κ1) is 14.3. The molecule has 1 heterocycles. The largest absolute Gasteiger partial charge is 0.495 e. The van der Waals surface area contributed by atoms with Gasteiger partial charge in [0, 0.05) is 25.5 Å². The number of pyridine rings is 1. The molecule has 1 aromatic carbocycles. The molecule has 0 aliphatic heterocycles. The van der Waals surface area contributed by atoms with Gasteiger partial charge in [-0.2, -0.15) is 0 Å². The summed E-state index contributed by atoms with van der Waals surface area (Å²) >= 11 is 0. The molecule has 0 radical (unpaired) electrons. The lowest BCUT2D eigenvalue weighted by molar-refractivity contribution is 0.400. The maximum atomic E-state index is 5.40. The molecule has 0 spiro atoms. The molecule has 0 aliphatic carbocycles. The molecule has 4 heteroatoms. The number of rotatable bonds is 6. The van der Waals surface area contributed by atoms with Crippen molar-refractivity contribution in [3.05, 3.63) is 53.9 Å². The average Bonchev–Trinajstić information content (AvgIpc) is 2.46. The third kappa shape index (κ3) is 3.96. The highest BCUT2D eigenvalue weighted by atomic mass is 16.5. The smallest absolute Gasteiger partial charge is 0.141 e. The lowest BCUT2D eigenvalue weighted by Gasteiger charge is -2.15. The quantitative estimate of drug-likeness (QED) is 0.876. The Morgan fingerprint density at radius 1 is 1.20 bits per heavy atom. The van der Waals surface area contributed by atoms with Crippen LogP contribution in [-0.4, -0.2) is 31.1 Å². The van der Waals surface area contributed by atoms with Gasteiger partial charge in [0.05, 0.1) is 12.8 Å². The fourth-order valence-electron chi connectivity index (χ4n) is 2.06. The van der Waals surface area contributed by atoms with Crippen LogP contribution in [0.15, 0.2) is 42.7 Å². The van der Waals surface area contributed by atoms with E-state index in [0.29, 0.717) is 0 Å². The number of hydrogen-bond donors (Lipinski definition) is 1. The van der Waals surface area contributed by atoms with Gasteiger partial charge in [0.25, 0.3) is 0 Å². The van der Waals surface area contributed by atoms with Crippen molar-refractivity contribution < 1.29 is 4.74 Å². The molecule has 1 N–H and O–H groups in total. The summed E-state index contributed by atoms with van der Waals surface area (Å²) in [5, 5.41) is 3.41. The summed E-state index contributed by atoms with van der Waals surface area (Å²) in [7, 11) is 5.82. The molecule has 0 amide bonds. The van der Waals surface area contributed by atoms with Gasteiger partial charge in [0.15, 0.2) is 0 Å². The zero-order valence-electron chi connectivity index (χ0n) is 12.3. The van der Waals surface area contributed by atoms with Gasteiger partial charge in [-0.05, 0) is 43.4 Å². The van der Waals surface area contributed by atoms with Crippen LogP contribution in [0.25, 0.3) is 0 Å². The number of nitrogens with one attached hydrogen (secondary N) is 1. The Morgan fingerprint density at radius 3 is 2.70 bits per heavy atom. The number of ether oxygens (including phenoxy) is 1. The second kappa shape index (κ2) is 6.91. The molecule has 20 heavy (non-hydrogen) atoms.